The average molecular weight is 404 g/mol. The molecule has 6 heteroatoms. The summed E-state index contributed by atoms with van der Waals surface area (Å²) < 4.78 is 12.8. The van der Waals surface area contributed by atoms with Gasteiger partial charge >= 0.3 is 0 Å². The summed E-state index contributed by atoms with van der Waals surface area (Å²) in [4.78, 5) is 0. The van der Waals surface area contributed by atoms with Crippen LogP contribution in [0, 0.1) is 0 Å². The highest BCUT2D eigenvalue weighted by atomic mass is 32.2. The van der Waals surface area contributed by atoms with E-state index in [4.69, 9.17) is 9.47 Å². The molecule has 3 aromatic carbocycles. The summed E-state index contributed by atoms with van der Waals surface area (Å²) >= 11 is 1.63. The zero-order valence-electron chi connectivity index (χ0n) is 16.3. The quantitative estimate of drug-likeness (QED) is 0.395. The van der Waals surface area contributed by atoms with Gasteiger partial charge in [-0.1, -0.05) is 48.2 Å². The minimum atomic E-state index is 0.734. The Bertz CT molecular complexity index is 1080. The molecule has 5 nitrogen and oxygen atoms in total. The normalized spacial score (nSPS) is 10.7. The molecule has 0 radical (unpaired) electrons. The molecular formula is C23H21N3O2S. The van der Waals surface area contributed by atoms with E-state index >= 15 is 0 Å². The molecule has 0 amide bonds. The van der Waals surface area contributed by atoms with Crippen molar-refractivity contribution in [2.45, 2.75) is 10.9 Å². The van der Waals surface area contributed by atoms with Crippen LogP contribution >= 0.6 is 11.8 Å². The van der Waals surface area contributed by atoms with E-state index in [1.807, 2.05) is 60.7 Å². The summed E-state index contributed by atoms with van der Waals surface area (Å²) in [5.74, 6) is 3.21. The van der Waals surface area contributed by atoms with Gasteiger partial charge in [0.05, 0.1) is 14.2 Å². The van der Waals surface area contributed by atoms with E-state index < -0.39 is 0 Å². The van der Waals surface area contributed by atoms with E-state index in [1.165, 1.54) is 0 Å². The van der Waals surface area contributed by atoms with Crippen LogP contribution < -0.4 is 9.47 Å². The molecule has 0 aliphatic heterocycles. The van der Waals surface area contributed by atoms with Gasteiger partial charge in [-0.25, -0.2) is 0 Å². The summed E-state index contributed by atoms with van der Waals surface area (Å²) in [6.45, 7) is 0. The van der Waals surface area contributed by atoms with Gasteiger partial charge in [-0.2, -0.15) is 0 Å². The van der Waals surface area contributed by atoms with Gasteiger partial charge in [-0.3, -0.25) is 4.57 Å². The summed E-state index contributed by atoms with van der Waals surface area (Å²) in [5, 5.41) is 9.81. The number of methoxy groups -OCH3 is 2. The fraction of sp³-hybridized carbons (Fsp3) is 0.130. The number of aromatic nitrogens is 3. The highest BCUT2D eigenvalue weighted by molar-refractivity contribution is 7.98. The average Bonchev–Trinajstić information content (AvgIpc) is 3.22. The predicted molar refractivity (Wildman–Crippen MR) is 116 cm³/mol. The fourth-order valence-electron chi connectivity index (χ4n) is 3.06. The summed E-state index contributed by atoms with van der Waals surface area (Å²) in [7, 11) is 3.35. The Morgan fingerprint density at radius 1 is 0.793 bits per heavy atom. The fourth-order valence-corrected chi connectivity index (χ4v) is 4.01. The minimum absolute atomic E-state index is 0.734. The maximum Gasteiger partial charge on any atom is 0.196 e. The molecular weight excluding hydrogens is 382 g/mol. The summed E-state index contributed by atoms with van der Waals surface area (Å²) in [6, 6.07) is 26.0. The Morgan fingerprint density at radius 2 is 1.52 bits per heavy atom. The van der Waals surface area contributed by atoms with Crippen LogP contribution in [0.15, 0.2) is 84.0 Å². The Balaban J connectivity index is 1.71. The molecule has 29 heavy (non-hydrogen) atoms. The number of benzene rings is 3. The monoisotopic (exact) mass is 403 g/mol. The van der Waals surface area contributed by atoms with E-state index in [1.54, 1.807) is 26.0 Å². The third-order valence-electron chi connectivity index (χ3n) is 4.55. The Kier molecular flexibility index (Phi) is 5.81. The maximum atomic E-state index is 5.48. The van der Waals surface area contributed by atoms with Crippen LogP contribution in [-0.2, 0) is 5.75 Å². The van der Waals surface area contributed by atoms with Gasteiger partial charge in [0.1, 0.15) is 11.5 Å². The number of hydrogen-bond donors (Lipinski definition) is 0. The minimum Gasteiger partial charge on any atom is -0.497 e. The molecule has 0 saturated carbocycles. The van der Waals surface area contributed by atoms with Crippen LogP contribution in [0.1, 0.15) is 5.56 Å². The molecule has 1 heterocycles. The summed E-state index contributed by atoms with van der Waals surface area (Å²) in [6.07, 6.45) is 0. The van der Waals surface area contributed by atoms with Gasteiger partial charge in [-0.15, -0.1) is 10.2 Å². The van der Waals surface area contributed by atoms with Crippen molar-refractivity contribution < 1.29 is 9.47 Å². The van der Waals surface area contributed by atoms with Gasteiger partial charge in [0.2, 0.25) is 0 Å². The topological polar surface area (TPSA) is 49.2 Å². The Morgan fingerprint density at radius 3 is 2.24 bits per heavy atom. The first-order valence-corrected chi connectivity index (χ1v) is 10.2. The molecule has 0 aliphatic rings. The number of ether oxygens (including phenoxy) is 2. The van der Waals surface area contributed by atoms with Crippen LogP contribution in [0.5, 0.6) is 11.5 Å². The number of nitrogens with zero attached hydrogens (tertiary/aromatic N) is 3. The molecule has 0 fully saturated rings. The van der Waals surface area contributed by atoms with E-state index in [-0.39, 0.29) is 0 Å². The molecule has 0 N–H and O–H groups in total. The van der Waals surface area contributed by atoms with Crippen molar-refractivity contribution in [1.29, 1.82) is 0 Å². The molecule has 146 valence electrons. The molecule has 0 bridgehead atoms. The molecule has 0 spiro atoms. The van der Waals surface area contributed by atoms with Crippen molar-refractivity contribution in [3.63, 3.8) is 0 Å². The lowest BCUT2D eigenvalue weighted by Gasteiger charge is -2.11. The zero-order chi connectivity index (χ0) is 20.1. The van der Waals surface area contributed by atoms with E-state index in [0.717, 1.165) is 45.0 Å². The molecule has 0 atom stereocenters. The Labute approximate surface area is 174 Å². The van der Waals surface area contributed by atoms with Crippen molar-refractivity contribution in [2.75, 3.05) is 14.2 Å². The molecule has 4 rings (SSSR count). The lowest BCUT2D eigenvalue weighted by molar-refractivity contribution is 0.411. The van der Waals surface area contributed by atoms with E-state index in [9.17, 15) is 0 Å². The molecule has 1 aromatic heterocycles. The van der Waals surface area contributed by atoms with Gasteiger partial charge in [-0.05, 0) is 42.5 Å². The van der Waals surface area contributed by atoms with Crippen molar-refractivity contribution in [3.05, 3.63) is 84.4 Å². The molecule has 0 saturated heterocycles. The number of thioether (sulfide) groups is 1. The molecule has 4 aromatic rings. The SMILES string of the molecule is COc1ccc(-c2nnc(SCc3ccccc3OC)n2-c2ccccc2)cc1. The highest BCUT2D eigenvalue weighted by Gasteiger charge is 2.17. The van der Waals surface area contributed by atoms with Gasteiger partial charge in [0.15, 0.2) is 11.0 Å². The van der Waals surface area contributed by atoms with E-state index in [2.05, 4.69) is 33.0 Å². The van der Waals surface area contributed by atoms with E-state index in [0.29, 0.717) is 0 Å². The lowest BCUT2D eigenvalue weighted by atomic mass is 10.2. The number of para-hydroxylation sites is 2. The number of hydrogen-bond acceptors (Lipinski definition) is 5. The van der Waals surface area contributed by atoms with Crippen molar-refractivity contribution in [1.82, 2.24) is 14.8 Å². The molecule has 0 unspecified atom stereocenters. The largest absolute Gasteiger partial charge is 0.497 e. The van der Waals surface area contributed by atoms with Crippen LogP contribution in [0.3, 0.4) is 0 Å². The standard InChI is InChI=1S/C23H21N3O2S/c1-27-20-14-12-17(13-15-20)22-24-25-23(26(22)19-9-4-3-5-10-19)29-16-18-8-6-7-11-21(18)28-2/h3-15H,16H2,1-2H3. The van der Waals surface area contributed by atoms with Crippen molar-refractivity contribution in [2.24, 2.45) is 0 Å². The van der Waals surface area contributed by atoms with Crippen molar-refractivity contribution >= 4 is 11.8 Å². The molecule has 0 aliphatic carbocycles. The third kappa shape index (κ3) is 4.12. The van der Waals surface area contributed by atoms with Crippen LogP contribution in [0.25, 0.3) is 17.1 Å². The highest BCUT2D eigenvalue weighted by Crippen LogP contribution is 2.32. The Hall–Kier alpha value is -3.25. The first-order valence-electron chi connectivity index (χ1n) is 9.20. The maximum absolute atomic E-state index is 5.48. The van der Waals surface area contributed by atoms with Crippen LogP contribution in [0.2, 0.25) is 0 Å². The smallest absolute Gasteiger partial charge is 0.196 e. The predicted octanol–water partition coefficient (Wildman–Crippen LogP) is 5.24. The van der Waals surface area contributed by atoms with Gasteiger partial charge in [0.25, 0.3) is 0 Å². The first kappa shape index (κ1) is 19.1. The van der Waals surface area contributed by atoms with Gasteiger partial charge < -0.3 is 9.47 Å². The first-order chi connectivity index (χ1) is 14.3. The van der Waals surface area contributed by atoms with Gasteiger partial charge in [0, 0.05) is 22.6 Å². The van der Waals surface area contributed by atoms with Crippen molar-refractivity contribution in [3.8, 4) is 28.6 Å². The second kappa shape index (κ2) is 8.84. The lowest BCUT2D eigenvalue weighted by Crippen LogP contribution is -2.00. The van der Waals surface area contributed by atoms with Crippen LogP contribution in [-0.4, -0.2) is 29.0 Å². The zero-order valence-corrected chi connectivity index (χ0v) is 17.1. The number of rotatable bonds is 7. The summed E-state index contributed by atoms with van der Waals surface area (Å²) in [5.41, 5.74) is 3.12. The second-order valence-corrected chi connectivity index (χ2v) is 7.25. The third-order valence-corrected chi connectivity index (χ3v) is 5.52. The second-order valence-electron chi connectivity index (χ2n) is 6.31. The van der Waals surface area contributed by atoms with Crippen LogP contribution in [0.4, 0.5) is 0 Å².